The first kappa shape index (κ1) is 17.4. The van der Waals surface area contributed by atoms with Crippen LogP contribution in [0.5, 0.6) is 11.5 Å². The highest BCUT2D eigenvalue weighted by Gasteiger charge is 2.18. The largest absolute Gasteiger partial charge is 0.493 e. The van der Waals surface area contributed by atoms with Crippen molar-refractivity contribution in [3.05, 3.63) is 43.4 Å². The van der Waals surface area contributed by atoms with Crippen molar-refractivity contribution in [2.75, 3.05) is 14.2 Å². The van der Waals surface area contributed by atoms with Crippen LogP contribution in [0.3, 0.4) is 0 Å². The molecule has 8 nitrogen and oxygen atoms in total. The molecule has 1 aromatic heterocycles. The summed E-state index contributed by atoms with van der Waals surface area (Å²) in [5.41, 5.74) is 0.111. The second-order valence-electron chi connectivity index (χ2n) is 4.62. The molecule has 9 heteroatoms. The fourth-order valence-electron chi connectivity index (χ4n) is 2.02. The van der Waals surface area contributed by atoms with Gasteiger partial charge in [-0.3, -0.25) is 10.1 Å². The fraction of sp³-hybridized carbons (Fsp3) is 0.200. The number of nitro benzene ring substituents is 1. The van der Waals surface area contributed by atoms with Gasteiger partial charge in [-0.15, -0.1) is 11.3 Å². The van der Waals surface area contributed by atoms with Gasteiger partial charge in [0.05, 0.1) is 30.8 Å². The van der Waals surface area contributed by atoms with Gasteiger partial charge in [0.15, 0.2) is 17.2 Å². The third kappa shape index (κ3) is 3.51. The Labute approximate surface area is 141 Å². The predicted molar refractivity (Wildman–Crippen MR) is 88.9 cm³/mol. The lowest BCUT2D eigenvalue weighted by molar-refractivity contribution is -0.385. The lowest BCUT2D eigenvalue weighted by atomic mass is 10.1. The number of hydrogen-bond donors (Lipinski definition) is 1. The minimum absolute atomic E-state index is 0.0264. The smallest absolute Gasteiger partial charge is 0.355 e. The molecule has 0 fully saturated rings. The van der Waals surface area contributed by atoms with Crippen molar-refractivity contribution in [2.45, 2.75) is 6.92 Å². The number of methoxy groups -OCH3 is 2. The molecule has 0 spiro atoms. The second kappa shape index (κ2) is 7.09. The van der Waals surface area contributed by atoms with Gasteiger partial charge in [0, 0.05) is 4.88 Å². The van der Waals surface area contributed by atoms with E-state index in [2.05, 4.69) is 4.98 Å². The molecule has 0 aliphatic carbocycles. The van der Waals surface area contributed by atoms with Gasteiger partial charge < -0.3 is 14.6 Å². The standard InChI is InChI=1S/C15H14N2O6S/c1-8-14(15(18)19)16-13(24-8)5-4-9-6-11(22-2)12(23-3)7-10(9)17(20)21/h4-7H,1-3H3,(H,18,19). The summed E-state index contributed by atoms with van der Waals surface area (Å²) in [6.45, 7) is 1.65. The second-order valence-corrected chi connectivity index (χ2v) is 5.85. The lowest BCUT2D eigenvalue weighted by Crippen LogP contribution is -1.98. The number of aromatic carboxylic acids is 1. The van der Waals surface area contributed by atoms with E-state index in [9.17, 15) is 14.9 Å². The molecule has 0 bridgehead atoms. The van der Waals surface area contributed by atoms with Crippen molar-refractivity contribution in [1.82, 2.24) is 4.98 Å². The molecule has 0 aliphatic heterocycles. The summed E-state index contributed by atoms with van der Waals surface area (Å²) in [7, 11) is 2.82. The lowest BCUT2D eigenvalue weighted by Gasteiger charge is -2.08. The number of carboxylic acid groups (broad SMARTS) is 1. The summed E-state index contributed by atoms with van der Waals surface area (Å²) in [4.78, 5) is 26.3. The molecular formula is C15H14N2O6S. The monoisotopic (exact) mass is 350 g/mol. The number of carbonyl (C=O) groups is 1. The molecule has 0 amide bonds. The topological polar surface area (TPSA) is 112 Å². The van der Waals surface area contributed by atoms with Gasteiger partial charge in [-0.05, 0) is 25.1 Å². The highest BCUT2D eigenvalue weighted by Crippen LogP contribution is 2.35. The Morgan fingerprint density at radius 3 is 2.42 bits per heavy atom. The molecule has 0 radical (unpaired) electrons. The summed E-state index contributed by atoms with van der Waals surface area (Å²) < 4.78 is 10.2. The van der Waals surface area contributed by atoms with Crippen molar-refractivity contribution in [3.63, 3.8) is 0 Å². The molecule has 0 aliphatic rings. The van der Waals surface area contributed by atoms with Gasteiger partial charge in [-0.1, -0.05) is 0 Å². The van der Waals surface area contributed by atoms with Crippen LogP contribution in [0.15, 0.2) is 12.1 Å². The first-order valence-corrected chi connectivity index (χ1v) is 7.48. The van der Waals surface area contributed by atoms with Crippen LogP contribution >= 0.6 is 11.3 Å². The van der Waals surface area contributed by atoms with Gasteiger partial charge in [0.25, 0.3) is 5.69 Å². The summed E-state index contributed by atoms with van der Waals surface area (Å²) in [6.07, 6.45) is 3.02. The maximum absolute atomic E-state index is 11.2. The van der Waals surface area contributed by atoms with Crippen LogP contribution in [0.25, 0.3) is 12.2 Å². The van der Waals surface area contributed by atoms with Gasteiger partial charge in [-0.25, -0.2) is 9.78 Å². The average Bonchev–Trinajstić information content (AvgIpc) is 2.92. The van der Waals surface area contributed by atoms with Crippen LogP contribution in [0.2, 0.25) is 0 Å². The van der Waals surface area contributed by atoms with E-state index in [-0.39, 0.29) is 17.1 Å². The number of nitro groups is 1. The molecule has 1 N–H and O–H groups in total. The third-order valence-corrected chi connectivity index (χ3v) is 4.09. The Bertz CT molecular complexity index is 828. The highest BCUT2D eigenvalue weighted by molar-refractivity contribution is 7.12. The molecule has 0 saturated heterocycles. The van der Waals surface area contributed by atoms with Crippen molar-refractivity contribution in [3.8, 4) is 11.5 Å². The van der Waals surface area contributed by atoms with E-state index in [0.29, 0.717) is 21.2 Å². The zero-order valence-electron chi connectivity index (χ0n) is 13.1. The third-order valence-electron chi connectivity index (χ3n) is 3.15. The molecule has 0 atom stereocenters. The van der Waals surface area contributed by atoms with Gasteiger partial charge in [-0.2, -0.15) is 0 Å². The number of hydrogen-bond acceptors (Lipinski definition) is 7. The molecule has 2 aromatic rings. The number of carboxylic acids is 1. The Kier molecular flexibility index (Phi) is 5.14. The zero-order chi connectivity index (χ0) is 17.9. The maximum Gasteiger partial charge on any atom is 0.355 e. The Morgan fingerprint density at radius 2 is 1.92 bits per heavy atom. The highest BCUT2D eigenvalue weighted by atomic mass is 32.1. The molecule has 126 valence electrons. The maximum atomic E-state index is 11.2. The molecular weight excluding hydrogens is 336 g/mol. The van der Waals surface area contributed by atoms with Gasteiger partial charge in [0.1, 0.15) is 5.01 Å². The summed E-state index contributed by atoms with van der Waals surface area (Å²) in [6, 6.07) is 2.75. The molecule has 0 saturated carbocycles. The molecule has 0 unspecified atom stereocenters. The summed E-state index contributed by atoms with van der Waals surface area (Å²) >= 11 is 1.19. The quantitative estimate of drug-likeness (QED) is 0.628. The molecule has 24 heavy (non-hydrogen) atoms. The number of thiazole rings is 1. The number of rotatable bonds is 6. The molecule has 2 rings (SSSR count). The number of aryl methyl sites for hydroxylation is 1. The van der Waals surface area contributed by atoms with Crippen LogP contribution in [-0.2, 0) is 0 Å². The fourth-order valence-corrected chi connectivity index (χ4v) is 2.84. The first-order chi connectivity index (χ1) is 11.4. The van der Waals surface area contributed by atoms with Crippen LogP contribution in [-0.4, -0.2) is 35.2 Å². The Balaban J connectivity index is 2.46. The molecule has 1 aromatic carbocycles. The summed E-state index contributed by atoms with van der Waals surface area (Å²) in [5.74, 6) is -0.510. The van der Waals surface area contributed by atoms with E-state index in [1.165, 1.54) is 49.8 Å². The van der Waals surface area contributed by atoms with Gasteiger partial charge in [0.2, 0.25) is 0 Å². The van der Waals surface area contributed by atoms with Crippen LogP contribution < -0.4 is 9.47 Å². The SMILES string of the molecule is COc1cc(C=Cc2nc(C(=O)O)c(C)s2)c([N+](=O)[O-])cc1OC. The normalized spacial score (nSPS) is 10.8. The minimum Gasteiger partial charge on any atom is -0.493 e. The van der Waals surface area contributed by atoms with E-state index < -0.39 is 10.9 Å². The Morgan fingerprint density at radius 1 is 1.29 bits per heavy atom. The van der Waals surface area contributed by atoms with Crippen LogP contribution in [0, 0.1) is 17.0 Å². The first-order valence-electron chi connectivity index (χ1n) is 6.66. The minimum atomic E-state index is -1.11. The van der Waals surface area contributed by atoms with E-state index in [0.717, 1.165) is 0 Å². The van der Waals surface area contributed by atoms with Gasteiger partial charge >= 0.3 is 5.97 Å². The van der Waals surface area contributed by atoms with Crippen molar-refractivity contribution < 1.29 is 24.3 Å². The number of aromatic nitrogens is 1. The zero-order valence-corrected chi connectivity index (χ0v) is 13.9. The van der Waals surface area contributed by atoms with Crippen molar-refractivity contribution >= 4 is 35.1 Å². The number of benzene rings is 1. The van der Waals surface area contributed by atoms with E-state index in [1.807, 2.05) is 0 Å². The number of ether oxygens (including phenoxy) is 2. The van der Waals surface area contributed by atoms with E-state index in [4.69, 9.17) is 14.6 Å². The van der Waals surface area contributed by atoms with Crippen molar-refractivity contribution in [2.24, 2.45) is 0 Å². The number of nitrogens with zero attached hydrogens (tertiary/aromatic N) is 2. The summed E-state index contributed by atoms with van der Waals surface area (Å²) in [5, 5.41) is 20.7. The average molecular weight is 350 g/mol. The van der Waals surface area contributed by atoms with E-state index in [1.54, 1.807) is 6.92 Å². The Hall–Kier alpha value is -2.94. The van der Waals surface area contributed by atoms with Crippen LogP contribution in [0.1, 0.15) is 25.9 Å². The van der Waals surface area contributed by atoms with Crippen molar-refractivity contribution in [1.29, 1.82) is 0 Å². The predicted octanol–water partition coefficient (Wildman–Crippen LogP) is 3.25. The molecule has 1 heterocycles. The van der Waals surface area contributed by atoms with Crippen LogP contribution in [0.4, 0.5) is 5.69 Å². The van der Waals surface area contributed by atoms with E-state index >= 15 is 0 Å².